The number of aliphatic imine (C=N–C) groups is 2. The molecule has 0 aromatic carbocycles. The number of aryl methyl sites for hydroxylation is 1. The summed E-state index contributed by atoms with van der Waals surface area (Å²) in [7, 11) is 3.28. The Balaban J connectivity index is 2.85. The Hall–Kier alpha value is -1.98. The summed E-state index contributed by atoms with van der Waals surface area (Å²) >= 11 is 0. The Morgan fingerprint density at radius 2 is 2.07 bits per heavy atom. The zero-order valence-corrected chi connectivity index (χ0v) is 9.06. The van der Waals surface area contributed by atoms with Crippen molar-refractivity contribution >= 4 is 17.8 Å². The maximum atomic E-state index is 5.69. The summed E-state index contributed by atoms with van der Waals surface area (Å²) in [5.74, 6) is 1.77. The third-order valence-electron chi connectivity index (χ3n) is 1.86. The largest absolute Gasteiger partial charge is 0.445 e. The van der Waals surface area contributed by atoms with E-state index in [0.717, 1.165) is 5.76 Å². The summed E-state index contributed by atoms with van der Waals surface area (Å²) in [4.78, 5) is 9.14. The van der Waals surface area contributed by atoms with E-state index in [1.807, 2.05) is 13.0 Å². The predicted octanol–water partition coefficient (Wildman–Crippen LogP) is 0.283. The summed E-state index contributed by atoms with van der Waals surface area (Å²) < 4.78 is 5.37. The number of hydrogen-bond acceptors (Lipinski definition) is 2. The first-order chi connectivity index (χ1) is 7.04. The van der Waals surface area contributed by atoms with E-state index in [2.05, 4.69) is 9.98 Å². The van der Waals surface area contributed by atoms with Crippen molar-refractivity contribution in [2.24, 2.45) is 21.5 Å². The van der Waals surface area contributed by atoms with Gasteiger partial charge in [-0.15, -0.1) is 0 Å². The fourth-order valence-electron chi connectivity index (χ4n) is 0.957. The van der Waals surface area contributed by atoms with E-state index < -0.39 is 0 Å². The highest BCUT2D eigenvalue weighted by atomic mass is 16.4. The lowest BCUT2D eigenvalue weighted by atomic mass is 10.5. The van der Waals surface area contributed by atoms with E-state index in [4.69, 9.17) is 15.9 Å². The number of nitrogens with two attached hydrogens (primary N) is 2. The summed E-state index contributed by atoms with van der Waals surface area (Å²) in [6.45, 7) is 1.85. The molecule has 15 heavy (non-hydrogen) atoms. The molecular formula is C9H15N5O. The van der Waals surface area contributed by atoms with Crippen LogP contribution >= 0.6 is 0 Å². The van der Waals surface area contributed by atoms with Gasteiger partial charge in [-0.3, -0.25) is 9.89 Å². The lowest BCUT2D eigenvalue weighted by molar-refractivity contribution is 0.539. The number of furan rings is 1. The van der Waals surface area contributed by atoms with E-state index in [-0.39, 0.29) is 11.9 Å². The Kier molecular flexibility index (Phi) is 3.33. The molecule has 0 unspecified atom stereocenters. The molecular weight excluding hydrogens is 194 g/mol. The maximum Gasteiger partial charge on any atom is 0.218 e. The van der Waals surface area contributed by atoms with Gasteiger partial charge in [0.05, 0.1) is 0 Å². The van der Waals surface area contributed by atoms with Crippen LogP contribution in [0.25, 0.3) is 0 Å². The van der Waals surface area contributed by atoms with Gasteiger partial charge in [0.25, 0.3) is 0 Å². The average Bonchev–Trinajstić information content (AvgIpc) is 2.63. The van der Waals surface area contributed by atoms with Crippen molar-refractivity contribution in [3.05, 3.63) is 17.9 Å². The summed E-state index contributed by atoms with van der Waals surface area (Å²) in [6, 6.07) is 3.65. The summed E-state index contributed by atoms with van der Waals surface area (Å²) in [6.07, 6.45) is 0. The molecule has 0 aliphatic carbocycles. The fraction of sp³-hybridized carbons (Fsp3) is 0.333. The van der Waals surface area contributed by atoms with Gasteiger partial charge >= 0.3 is 0 Å². The standard InChI is InChI=1S/C9H15N5O/c1-6-4-5-7(15-6)14(3)9(11)13-8(10)12-2/h4-5H,1-3H3,(H4,10,11,12,13). The van der Waals surface area contributed by atoms with Crippen LogP contribution < -0.4 is 16.4 Å². The van der Waals surface area contributed by atoms with Crippen LogP contribution in [0.1, 0.15) is 5.76 Å². The lowest BCUT2D eigenvalue weighted by Crippen LogP contribution is -2.35. The molecule has 1 heterocycles. The topological polar surface area (TPSA) is 93.1 Å². The van der Waals surface area contributed by atoms with Crippen LogP contribution in [0.2, 0.25) is 0 Å². The Bertz CT molecular complexity index is 393. The third-order valence-corrected chi connectivity index (χ3v) is 1.86. The minimum Gasteiger partial charge on any atom is -0.445 e. The molecule has 82 valence electrons. The van der Waals surface area contributed by atoms with E-state index >= 15 is 0 Å². The summed E-state index contributed by atoms with van der Waals surface area (Å²) in [5.41, 5.74) is 11.1. The Labute approximate surface area is 88.3 Å². The maximum absolute atomic E-state index is 5.69. The number of rotatable bonds is 1. The second-order valence-electron chi connectivity index (χ2n) is 3.00. The van der Waals surface area contributed by atoms with Crippen molar-refractivity contribution in [2.45, 2.75) is 6.92 Å². The average molecular weight is 209 g/mol. The quantitative estimate of drug-likeness (QED) is 0.513. The Morgan fingerprint density at radius 3 is 2.53 bits per heavy atom. The van der Waals surface area contributed by atoms with Gasteiger partial charge in [0.1, 0.15) is 5.76 Å². The zero-order valence-electron chi connectivity index (χ0n) is 9.06. The van der Waals surface area contributed by atoms with Gasteiger partial charge in [-0.1, -0.05) is 0 Å². The highest BCUT2D eigenvalue weighted by molar-refractivity contribution is 6.01. The second kappa shape index (κ2) is 4.50. The molecule has 1 rings (SSSR count). The SMILES string of the molecule is CN=C(N)/N=C(\N)N(C)c1ccc(C)o1. The first-order valence-electron chi connectivity index (χ1n) is 4.41. The summed E-state index contributed by atoms with van der Waals surface area (Å²) in [5, 5.41) is 0. The molecule has 0 spiro atoms. The van der Waals surface area contributed by atoms with Crippen LogP contribution in [0, 0.1) is 6.92 Å². The van der Waals surface area contributed by atoms with Gasteiger partial charge in [0, 0.05) is 20.2 Å². The third kappa shape index (κ3) is 2.73. The zero-order chi connectivity index (χ0) is 11.4. The molecule has 1 aromatic heterocycles. The first kappa shape index (κ1) is 11.1. The van der Waals surface area contributed by atoms with Crippen LogP contribution in [0.3, 0.4) is 0 Å². The van der Waals surface area contributed by atoms with Crippen LogP contribution in [0.4, 0.5) is 5.88 Å². The number of guanidine groups is 2. The van der Waals surface area contributed by atoms with Crippen molar-refractivity contribution in [1.82, 2.24) is 0 Å². The monoisotopic (exact) mass is 209 g/mol. The van der Waals surface area contributed by atoms with Crippen LogP contribution in [0.15, 0.2) is 26.5 Å². The molecule has 6 heteroatoms. The second-order valence-corrected chi connectivity index (χ2v) is 3.00. The van der Waals surface area contributed by atoms with Gasteiger partial charge in [0.2, 0.25) is 17.8 Å². The molecule has 0 saturated heterocycles. The predicted molar refractivity (Wildman–Crippen MR) is 61.0 cm³/mol. The molecule has 0 saturated carbocycles. The molecule has 0 fully saturated rings. The van der Waals surface area contributed by atoms with Crippen molar-refractivity contribution < 1.29 is 4.42 Å². The highest BCUT2D eigenvalue weighted by Crippen LogP contribution is 2.15. The van der Waals surface area contributed by atoms with Crippen molar-refractivity contribution in [1.29, 1.82) is 0 Å². The highest BCUT2D eigenvalue weighted by Gasteiger charge is 2.08. The number of nitrogens with zero attached hydrogens (tertiary/aromatic N) is 3. The minimum absolute atomic E-state index is 0.127. The molecule has 4 N–H and O–H groups in total. The molecule has 1 aromatic rings. The van der Waals surface area contributed by atoms with Crippen LogP contribution in [0.5, 0.6) is 0 Å². The minimum atomic E-state index is 0.127. The molecule has 0 amide bonds. The molecule has 6 nitrogen and oxygen atoms in total. The van der Waals surface area contributed by atoms with Gasteiger partial charge in [-0.05, 0) is 13.0 Å². The van der Waals surface area contributed by atoms with Crippen molar-refractivity contribution in [3.63, 3.8) is 0 Å². The smallest absolute Gasteiger partial charge is 0.218 e. The van der Waals surface area contributed by atoms with Gasteiger partial charge in [-0.2, -0.15) is 4.99 Å². The van der Waals surface area contributed by atoms with Crippen molar-refractivity contribution in [3.8, 4) is 0 Å². The number of hydrogen-bond donors (Lipinski definition) is 2. The molecule has 0 bridgehead atoms. The lowest BCUT2D eigenvalue weighted by Gasteiger charge is -2.13. The van der Waals surface area contributed by atoms with E-state index in [1.54, 1.807) is 25.1 Å². The fourth-order valence-corrected chi connectivity index (χ4v) is 0.957. The first-order valence-corrected chi connectivity index (χ1v) is 4.41. The van der Waals surface area contributed by atoms with Crippen LogP contribution in [-0.4, -0.2) is 26.0 Å². The Morgan fingerprint density at radius 1 is 1.40 bits per heavy atom. The normalized spacial score (nSPS) is 13.0. The van der Waals surface area contributed by atoms with E-state index in [9.17, 15) is 0 Å². The van der Waals surface area contributed by atoms with Crippen LogP contribution in [-0.2, 0) is 0 Å². The molecule has 0 radical (unpaired) electrons. The van der Waals surface area contributed by atoms with E-state index in [1.165, 1.54) is 0 Å². The van der Waals surface area contributed by atoms with Gasteiger partial charge in [-0.25, -0.2) is 0 Å². The van der Waals surface area contributed by atoms with E-state index in [0.29, 0.717) is 5.88 Å². The van der Waals surface area contributed by atoms with Gasteiger partial charge in [0.15, 0.2) is 0 Å². The van der Waals surface area contributed by atoms with Crippen molar-refractivity contribution in [2.75, 3.05) is 19.0 Å². The molecule has 0 aliphatic heterocycles. The molecule has 0 aliphatic rings. The van der Waals surface area contributed by atoms with Gasteiger partial charge < -0.3 is 15.9 Å². The molecule has 0 atom stereocenters. The number of anilines is 1.